The van der Waals surface area contributed by atoms with Crippen LogP contribution in [0.15, 0.2) is 28.9 Å². The Balaban J connectivity index is 1.79. The molecule has 3 aromatic heterocycles. The van der Waals surface area contributed by atoms with E-state index < -0.39 is 0 Å². The van der Waals surface area contributed by atoms with Gasteiger partial charge in [-0.15, -0.1) is 0 Å². The third-order valence-electron chi connectivity index (χ3n) is 3.50. The van der Waals surface area contributed by atoms with Gasteiger partial charge >= 0.3 is 0 Å². The molecule has 0 spiro atoms. The standard InChI is InChI=1S/C16H20N6O/c1-10-8-12(3)22(20-10)9-11(2)18-15-14(6-5-7-17-15)16-19-13(4)21-23-16/h5-8,11H,9H2,1-4H3,(H,17,18). The van der Waals surface area contributed by atoms with Gasteiger partial charge < -0.3 is 9.84 Å². The van der Waals surface area contributed by atoms with Gasteiger partial charge in [-0.05, 0) is 45.9 Å². The lowest BCUT2D eigenvalue weighted by Gasteiger charge is -2.17. The molecule has 0 saturated carbocycles. The molecule has 7 heteroatoms. The highest BCUT2D eigenvalue weighted by molar-refractivity contribution is 5.68. The number of hydrogen-bond donors (Lipinski definition) is 1. The largest absolute Gasteiger partial charge is 0.365 e. The molecule has 3 aromatic rings. The third kappa shape index (κ3) is 3.39. The first-order valence-corrected chi connectivity index (χ1v) is 7.56. The lowest BCUT2D eigenvalue weighted by Crippen LogP contribution is -2.24. The van der Waals surface area contributed by atoms with Gasteiger partial charge in [0.1, 0.15) is 5.82 Å². The number of aryl methyl sites for hydroxylation is 3. The quantitative estimate of drug-likeness (QED) is 0.780. The number of rotatable bonds is 5. The first-order chi connectivity index (χ1) is 11.0. The highest BCUT2D eigenvalue weighted by atomic mass is 16.5. The second-order valence-corrected chi connectivity index (χ2v) is 5.70. The van der Waals surface area contributed by atoms with Gasteiger partial charge in [0.25, 0.3) is 5.89 Å². The van der Waals surface area contributed by atoms with E-state index in [9.17, 15) is 0 Å². The number of aromatic nitrogens is 5. The van der Waals surface area contributed by atoms with Crippen LogP contribution in [0.5, 0.6) is 0 Å². The third-order valence-corrected chi connectivity index (χ3v) is 3.50. The van der Waals surface area contributed by atoms with Crippen LogP contribution >= 0.6 is 0 Å². The minimum atomic E-state index is 0.144. The van der Waals surface area contributed by atoms with Gasteiger partial charge in [-0.2, -0.15) is 10.1 Å². The summed E-state index contributed by atoms with van der Waals surface area (Å²) < 4.78 is 7.25. The minimum Gasteiger partial charge on any atom is -0.365 e. The average molecular weight is 312 g/mol. The molecule has 0 aliphatic carbocycles. The summed E-state index contributed by atoms with van der Waals surface area (Å²) in [6.45, 7) is 8.69. The molecule has 7 nitrogen and oxygen atoms in total. The molecule has 0 aliphatic heterocycles. The van der Waals surface area contributed by atoms with Crippen LogP contribution in [0.4, 0.5) is 5.82 Å². The topological polar surface area (TPSA) is 81.7 Å². The normalized spacial score (nSPS) is 12.3. The van der Waals surface area contributed by atoms with Crippen molar-refractivity contribution in [3.05, 3.63) is 41.6 Å². The SMILES string of the molecule is Cc1cc(C)n(CC(C)Nc2ncccc2-c2nc(C)no2)n1. The van der Waals surface area contributed by atoms with E-state index in [1.807, 2.05) is 23.7 Å². The van der Waals surface area contributed by atoms with Crippen LogP contribution in [0.2, 0.25) is 0 Å². The Morgan fingerprint density at radius 3 is 2.78 bits per heavy atom. The fourth-order valence-electron chi connectivity index (χ4n) is 2.50. The molecule has 23 heavy (non-hydrogen) atoms. The summed E-state index contributed by atoms with van der Waals surface area (Å²) in [5, 5.41) is 11.7. The van der Waals surface area contributed by atoms with Crippen molar-refractivity contribution >= 4 is 5.82 Å². The van der Waals surface area contributed by atoms with Crippen molar-refractivity contribution in [2.45, 2.75) is 40.3 Å². The lowest BCUT2D eigenvalue weighted by atomic mass is 10.2. The van der Waals surface area contributed by atoms with E-state index in [0.29, 0.717) is 11.7 Å². The Hall–Kier alpha value is -2.70. The molecule has 0 aromatic carbocycles. The average Bonchev–Trinajstić information content (AvgIpc) is 3.05. The summed E-state index contributed by atoms with van der Waals surface area (Å²) in [7, 11) is 0. The van der Waals surface area contributed by atoms with Crippen molar-refractivity contribution in [1.29, 1.82) is 0 Å². The maximum Gasteiger partial charge on any atom is 0.261 e. The van der Waals surface area contributed by atoms with E-state index in [1.165, 1.54) is 0 Å². The Labute approximate surface area is 134 Å². The van der Waals surface area contributed by atoms with E-state index in [0.717, 1.165) is 29.3 Å². The molecule has 0 radical (unpaired) electrons. The molecule has 0 bridgehead atoms. The van der Waals surface area contributed by atoms with E-state index in [4.69, 9.17) is 4.52 Å². The second kappa shape index (κ2) is 6.20. The molecule has 3 heterocycles. The molecule has 0 aliphatic rings. The Kier molecular flexibility index (Phi) is 4.10. The minimum absolute atomic E-state index is 0.144. The van der Waals surface area contributed by atoms with Crippen molar-refractivity contribution in [2.75, 3.05) is 5.32 Å². The summed E-state index contributed by atoms with van der Waals surface area (Å²) in [6.07, 6.45) is 1.74. The van der Waals surface area contributed by atoms with Crippen molar-refractivity contribution in [3.63, 3.8) is 0 Å². The molecule has 3 rings (SSSR count). The zero-order valence-electron chi connectivity index (χ0n) is 13.7. The summed E-state index contributed by atoms with van der Waals surface area (Å²) in [5.41, 5.74) is 2.97. The molecule has 0 amide bonds. The van der Waals surface area contributed by atoms with E-state index in [2.05, 4.69) is 45.5 Å². The van der Waals surface area contributed by atoms with Gasteiger partial charge in [-0.1, -0.05) is 5.16 Å². The van der Waals surface area contributed by atoms with E-state index in [1.54, 1.807) is 13.1 Å². The zero-order chi connectivity index (χ0) is 16.4. The lowest BCUT2D eigenvalue weighted by molar-refractivity contribution is 0.425. The fourth-order valence-corrected chi connectivity index (χ4v) is 2.50. The van der Waals surface area contributed by atoms with Gasteiger partial charge in [-0.25, -0.2) is 4.98 Å². The molecule has 0 fully saturated rings. The van der Waals surface area contributed by atoms with Crippen LogP contribution < -0.4 is 5.32 Å². The fraction of sp³-hybridized carbons (Fsp3) is 0.375. The van der Waals surface area contributed by atoms with E-state index in [-0.39, 0.29) is 6.04 Å². The van der Waals surface area contributed by atoms with Gasteiger partial charge in [-0.3, -0.25) is 4.68 Å². The van der Waals surface area contributed by atoms with Crippen LogP contribution in [0.25, 0.3) is 11.5 Å². The van der Waals surface area contributed by atoms with Crippen molar-refractivity contribution in [3.8, 4) is 11.5 Å². The van der Waals surface area contributed by atoms with Gasteiger partial charge in [0.15, 0.2) is 5.82 Å². The summed E-state index contributed by atoms with van der Waals surface area (Å²) >= 11 is 0. The summed E-state index contributed by atoms with van der Waals surface area (Å²) in [5.74, 6) is 1.80. The predicted molar refractivity (Wildman–Crippen MR) is 87.1 cm³/mol. The maximum absolute atomic E-state index is 5.25. The molecule has 1 N–H and O–H groups in total. The molecule has 1 unspecified atom stereocenters. The second-order valence-electron chi connectivity index (χ2n) is 5.70. The highest BCUT2D eigenvalue weighted by Gasteiger charge is 2.15. The predicted octanol–water partition coefficient (Wildman–Crippen LogP) is 2.75. The van der Waals surface area contributed by atoms with Gasteiger partial charge in [0.05, 0.1) is 17.8 Å². The van der Waals surface area contributed by atoms with Crippen molar-refractivity contribution in [2.24, 2.45) is 0 Å². The van der Waals surface area contributed by atoms with E-state index >= 15 is 0 Å². The molecule has 120 valence electrons. The molecular formula is C16H20N6O. The van der Waals surface area contributed by atoms with Crippen LogP contribution in [0.1, 0.15) is 24.1 Å². The van der Waals surface area contributed by atoms with Crippen LogP contribution in [0, 0.1) is 20.8 Å². The van der Waals surface area contributed by atoms with Gasteiger partial charge in [0.2, 0.25) is 0 Å². The first-order valence-electron chi connectivity index (χ1n) is 7.56. The Morgan fingerprint density at radius 2 is 2.13 bits per heavy atom. The maximum atomic E-state index is 5.25. The number of pyridine rings is 1. The highest BCUT2D eigenvalue weighted by Crippen LogP contribution is 2.24. The zero-order valence-corrected chi connectivity index (χ0v) is 13.7. The molecular weight excluding hydrogens is 292 g/mol. The number of anilines is 1. The smallest absolute Gasteiger partial charge is 0.261 e. The monoisotopic (exact) mass is 312 g/mol. The number of nitrogens with zero attached hydrogens (tertiary/aromatic N) is 5. The molecule has 0 saturated heterocycles. The van der Waals surface area contributed by atoms with Crippen LogP contribution in [-0.4, -0.2) is 30.9 Å². The van der Waals surface area contributed by atoms with Crippen LogP contribution in [-0.2, 0) is 6.54 Å². The number of hydrogen-bond acceptors (Lipinski definition) is 6. The first kappa shape index (κ1) is 15.2. The van der Waals surface area contributed by atoms with Crippen LogP contribution in [0.3, 0.4) is 0 Å². The number of nitrogens with one attached hydrogen (secondary N) is 1. The van der Waals surface area contributed by atoms with Crippen molar-refractivity contribution < 1.29 is 4.52 Å². The molecule has 1 atom stereocenters. The van der Waals surface area contributed by atoms with Gasteiger partial charge in [0, 0.05) is 17.9 Å². The summed E-state index contributed by atoms with van der Waals surface area (Å²) in [6, 6.07) is 5.98. The Bertz CT molecular complexity index is 807. The summed E-state index contributed by atoms with van der Waals surface area (Å²) in [4.78, 5) is 8.68. The Morgan fingerprint density at radius 1 is 1.30 bits per heavy atom. The van der Waals surface area contributed by atoms with Crippen molar-refractivity contribution in [1.82, 2.24) is 24.9 Å².